The Bertz CT molecular complexity index is 713. The molecule has 0 aromatic rings. The molecule has 2 N–H and O–H groups in total. The highest BCUT2D eigenvalue weighted by Gasteiger charge is 2.78. The van der Waals surface area contributed by atoms with Crippen LogP contribution in [0.1, 0.15) is 46.0 Å². The monoisotopic (exact) mass is 375 g/mol. The molecule has 0 spiro atoms. The predicted molar refractivity (Wildman–Crippen MR) is 100 cm³/mol. The number of carbonyl (C=O) groups excluding carboxylic acids is 2. The van der Waals surface area contributed by atoms with Crippen LogP contribution in [0.5, 0.6) is 0 Å². The van der Waals surface area contributed by atoms with Gasteiger partial charge in [0.15, 0.2) is 5.60 Å². The van der Waals surface area contributed by atoms with Gasteiger partial charge < -0.3 is 19.9 Å². The maximum absolute atomic E-state index is 12.6. The normalized spacial score (nSPS) is 38.7. The minimum absolute atomic E-state index is 0.185. The molecule has 2 aliphatic heterocycles. The summed E-state index contributed by atoms with van der Waals surface area (Å²) in [5.74, 6) is -0.924. The zero-order valence-corrected chi connectivity index (χ0v) is 16.3. The maximum atomic E-state index is 12.6. The van der Waals surface area contributed by atoms with E-state index < -0.39 is 28.6 Å². The van der Waals surface area contributed by atoms with Crippen LogP contribution in [0.25, 0.3) is 0 Å². The van der Waals surface area contributed by atoms with Gasteiger partial charge >= 0.3 is 11.9 Å². The topological polar surface area (TPSA) is 84.9 Å². The van der Waals surface area contributed by atoms with E-state index in [4.69, 9.17) is 4.74 Å². The average molecular weight is 375 g/mol. The first-order valence-electron chi connectivity index (χ1n) is 9.49. The molecule has 6 nitrogen and oxygen atoms in total. The van der Waals surface area contributed by atoms with Crippen molar-refractivity contribution in [1.29, 1.82) is 0 Å². The lowest BCUT2D eigenvalue weighted by atomic mass is 9.60. The first-order valence-corrected chi connectivity index (χ1v) is 9.49. The molecule has 148 valence electrons. The summed E-state index contributed by atoms with van der Waals surface area (Å²) < 4.78 is 10.2. The van der Waals surface area contributed by atoms with Gasteiger partial charge in [-0.05, 0) is 32.6 Å². The van der Waals surface area contributed by atoms with E-state index in [0.717, 1.165) is 19.3 Å². The molecular formula is C21H29NO5. The highest BCUT2D eigenvalue weighted by atomic mass is 16.6. The van der Waals surface area contributed by atoms with Crippen molar-refractivity contribution in [1.82, 2.24) is 5.32 Å². The van der Waals surface area contributed by atoms with E-state index in [1.165, 1.54) is 7.11 Å². The summed E-state index contributed by atoms with van der Waals surface area (Å²) in [5, 5.41) is 14.5. The second-order valence-corrected chi connectivity index (χ2v) is 8.20. The van der Waals surface area contributed by atoms with E-state index in [1.54, 1.807) is 6.08 Å². The third-order valence-electron chi connectivity index (χ3n) is 6.52. The lowest BCUT2D eigenvalue weighted by Gasteiger charge is -2.57. The third kappa shape index (κ3) is 2.81. The molecule has 6 heteroatoms. The summed E-state index contributed by atoms with van der Waals surface area (Å²) in [7, 11) is 1.35. The Morgan fingerprint density at radius 2 is 2.26 bits per heavy atom. The Balaban J connectivity index is 1.83. The SMILES string of the molecule is C=C1N[C@@]2([C@@H](O)[C@]3(C)C=CCCC3)C(=O)O[C@@]2(C)[C@H]1C/C=C/CC(=O)OC. The van der Waals surface area contributed by atoms with E-state index >= 15 is 0 Å². The van der Waals surface area contributed by atoms with Gasteiger partial charge in [-0.2, -0.15) is 0 Å². The molecule has 0 aromatic heterocycles. The van der Waals surface area contributed by atoms with Crippen LogP contribution in [-0.2, 0) is 19.1 Å². The highest BCUT2D eigenvalue weighted by molar-refractivity contribution is 5.92. The Labute approximate surface area is 160 Å². The number of carbonyl (C=O) groups is 2. The molecule has 3 rings (SSSR count). The summed E-state index contributed by atoms with van der Waals surface area (Å²) in [6.07, 6.45) is 10.3. The van der Waals surface area contributed by atoms with E-state index in [-0.39, 0.29) is 18.3 Å². The lowest BCUT2D eigenvalue weighted by molar-refractivity contribution is -0.242. The van der Waals surface area contributed by atoms with Crippen LogP contribution in [0.3, 0.4) is 0 Å². The Morgan fingerprint density at radius 1 is 1.52 bits per heavy atom. The van der Waals surface area contributed by atoms with Crippen LogP contribution in [0, 0.1) is 11.3 Å². The molecule has 2 saturated heterocycles. The summed E-state index contributed by atoms with van der Waals surface area (Å²) in [6, 6.07) is 0. The zero-order valence-electron chi connectivity index (χ0n) is 16.3. The van der Waals surface area contributed by atoms with Gasteiger partial charge in [-0.15, -0.1) is 0 Å². The number of nitrogens with one attached hydrogen (secondary N) is 1. The van der Waals surface area contributed by atoms with Gasteiger partial charge in [0.05, 0.1) is 13.5 Å². The molecule has 5 atom stereocenters. The molecule has 2 heterocycles. The van der Waals surface area contributed by atoms with Crippen molar-refractivity contribution in [2.24, 2.45) is 11.3 Å². The number of esters is 2. The first kappa shape index (κ1) is 19.7. The van der Waals surface area contributed by atoms with Crippen molar-refractivity contribution < 1.29 is 24.2 Å². The van der Waals surface area contributed by atoms with E-state index in [0.29, 0.717) is 12.1 Å². The van der Waals surface area contributed by atoms with Crippen LogP contribution in [0.2, 0.25) is 0 Å². The van der Waals surface area contributed by atoms with Crippen molar-refractivity contribution in [3.05, 3.63) is 36.6 Å². The third-order valence-corrected chi connectivity index (χ3v) is 6.52. The van der Waals surface area contributed by atoms with Gasteiger partial charge in [-0.25, -0.2) is 4.79 Å². The fourth-order valence-electron chi connectivity index (χ4n) is 4.78. The number of rotatable bonds is 6. The van der Waals surface area contributed by atoms with Gasteiger partial charge in [0, 0.05) is 17.0 Å². The van der Waals surface area contributed by atoms with Crippen molar-refractivity contribution in [2.45, 2.75) is 63.2 Å². The molecule has 0 amide bonds. The van der Waals surface area contributed by atoms with Crippen molar-refractivity contribution in [3.8, 4) is 0 Å². The Morgan fingerprint density at radius 3 is 2.85 bits per heavy atom. The molecule has 3 aliphatic rings. The number of hydrogen-bond acceptors (Lipinski definition) is 6. The van der Waals surface area contributed by atoms with Gasteiger partial charge in [0.2, 0.25) is 5.54 Å². The lowest BCUT2D eigenvalue weighted by Crippen LogP contribution is -2.81. The van der Waals surface area contributed by atoms with Crippen molar-refractivity contribution in [2.75, 3.05) is 7.11 Å². The van der Waals surface area contributed by atoms with Gasteiger partial charge in [0.25, 0.3) is 0 Å². The summed E-state index contributed by atoms with van der Waals surface area (Å²) in [5.41, 5.74) is -1.90. The summed E-state index contributed by atoms with van der Waals surface area (Å²) in [6.45, 7) is 7.93. The zero-order chi connectivity index (χ0) is 19.9. The Hall–Kier alpha value is -2.08. The predicted octanol–water partition coefficient (Wildman–Crippen LogP) is 2.39. The molecule has 27 heavy (non-hydrogen) atoms. The van der Waals surface area contributed by atoms with E-state index in [2.05, 4.69) is 22.7 Å². The van der Waals surface area contributed by atoms with E-state index in [1.807, 2.05) is 26.0 Å². The smallest absolute Gasteiger partial charge is 0.339 e. The fourth-order valence-corrected chi connectivity index (χ4v) is 4.78. The molecule has 1 aliphatic carbocycles. The number of allylic oxidation sites excluding steroid dienone is 2. The minimum atomic E-state index is -1.19. The van der Waals surface area contributed by atoms with Crippen LogP contribution in [0.4, 0.5) is 0 Å². The fraction of sp³-hybridized carbons (Fsp3) is 0.619. The molecule has 2 fully saturated rings. The number of methoxy groups -OCH3 is 1. The number of aliphatic hydroxyl groups excluding tert-OH is 1. The number of hydrogen-bond donors (Lipinski definition) is 2. The van der Waals surface area contributed by atoms with E-state index in [9.17, 15) is 14.7 Å². The second kappa shape index (κ2) is 6.82. The van der Waals surface area contributed by atoms with Gasteiger partial charge in [0.1, 0.15) is 6.10 Å². The average Bonchev–Trinajstić information content (AvgIpc) is 2.81. The molecule has 0 radical (unpaired) electrons. The molecular weight excluding hydrogens is 346 g/mol. The molecule has 0 unspecified atom stereocenters. The molecule has 0 aromatic carbocycles. The maximum Gasteiger partial charge on any atom is 0.339 e. The first-order chi connectivity index (χ1) is 12.7. The van der Waals surface area contributed by atoms with Crippen molar-refractivity contribution >= 4 is 11.9 Å². The largest absolute Gasteiger partial charge is 0.469 e. The highest BCUT2D eigenvalue weighted by Crippen LogP contribution is 2.57. The van der Waals surface area contributed by atoms with Crippen molar-refractivity contribution in [3.63, 3.8) is 0 Å². The molecule has 0 bridgehead atoms. The molecule has 0 saturated carbocycles. The Kier molecular flexibility index (Phi) is 4.97. The standard InChI is InChI=1S/C21H29NO5/c1-14-15(10-6-7-11-16(23)26-4)20(3)21(22-14,18(25)27-20)17(24)19(2)12-8-5-9-13-19/h6-8,12,15,17,22,24H,1,5,9-11,13H2,2-4H3/b7-6+/t15-,17-,19+,20-,21-/m0/s1. The summed E-state index contributed by atoms with van der Waals surface area (Å²) in [4.78, 5) is 23.9. The summed E-state index contributed by atoms with van der Waals surface area (Å²) >= 11 is 0. The van der Waals surface area contributed by atoms with Crippen LogP contribution in [-0.4, -0.2) is 41.4 Å². The van der Waals surface area contributed by atoms with Crippen LogP contribution in [0.15, 0.2) is 36.6 Å². The number of fused-ring (bicyclic) bond motifs is 1. The van der Waals surface area contributed by atoms with Gasteiger partial charge in [-0.1, -0.05) is 37.8 Å². The van der Waals surface area contributed by atoms with Crippen LogP contribution < -0.4 is 5.32 Å². The quantitative estimate of drug-likeness (QED) is 0.548. The van der Waals surface area contributed by atoms with Crippen LogP contribution >= 0.6 is 0 Å². The second-order valence-electron chi connectivity index (χ2n) is 8.20. The van der Waals surface area contributed by atoms with Gasteiger partial charge in [-0.3, -0.25) is 4.79 Å². The minimum Gasteiger partial charge on any atom is -0.469 e. The number of ether oxygens (including phenoxy) is 2. The number of aliphatic hydroxyl groups is 1.